The maximum atomic E-state index is 8.93. The van der Waals surface area contributed by atoms with Crippen LogP contribution < -0.4 is 0 Å². The number of aliphatic hydroxyl groups is 1. The Morgan fingerprint density at radius 3 is 2.76 bits per heavy atom. The largest absolute Gasteiger partial charge is 0.396 e. The smallest absolute Gasteiger partial charge is 0.140 e. The molecule has 0 fully saturated rings. The van der Waals surface area contributed by atoms with Crippen molar-refractivity contribution in [1.29, 1.82) is 0 Å². The molecule has 17 heavy (non-hydrogen) atoms. The molecule has 0 bridgehead atoms. The fourth-order valence-electron chi connectivity index (χ4n) is 2.13. The van der Waals surface area contributed by atoms with Gasteiger partial charge in [-0.05, 0) is 29.5 Å². The molecule has 3 nitrogen and oxygen atoms in total. The molecule has 0 aliphatic rings. The summed E-state index contributed by atoms with van der Waals surface area (Å²) in [7, 11) is 0. The number of aryl methyl sites for hydroxylation is 1. The van der Waals surface area contributed by atoms with Crippen LogP contribution in [0.2, 0.25) is 0 Å². The minimum Gasteiger partial charge on any atom is -0.396 e. The van der Waals surface area contributed by atoms with Gasteiger partial charge in [-0.25, -0.2) is 4.98 Å². The Morgan fingerprint density at radius 1 is 1.35 bits per heavy atom. The molecule has 0 saturated carbocycles. The van der Waals surface area contributed by atoms with Crippen molar-refractivity contribution in [3.63, 3.8) is 0 Å². The Hall–Kier alpha value is -1.35. The summed E-state index contributed by atoms with van der Waals surface area (Å²) < 4.78 is 2.14. The summed E-state index contributed by atoms with van der Waals surface area (Å²) in [6.07, 6.45) is 4.77. The quantitative estimate of drug-likeness (QED) is 0.883. The van der Waals surface area contributed by atoms with Crippen LogP contribution in [0.5, 0.6) is 0 Å². The van der Waals surface area contributed by atoms with Crippen molar-refractivity contribution in [1.82, 2.24) is 9.55 Å². The highest BCUT2D eigenvalue weighted by Crippen LogP contribution is 2.30. The summed E-state index contributed by atoms with van der Waals surface area (Å²) in [4.78, 5) is 4.45. The van der Waals surface area contributed by atoms with Gasteiger partial charge in [-0.2, -0.15) is 0 Å². The molecule has 1 N–H and O–H groups in total. The molecule has 0 unspecified atom stereocenters. The normalized spacial score (nSPS) is 12.2. The first-order chi connectivity index (χ1) is 8.04. The Bertz CT molecular complexity index is 508. The minimum atomic E-state index is 0.117. The van der Waals surface area contributed by atoms with E-state index < -0.39 is 0 Å². The zero-order valence-corrected chi connectivity index (χ0v) is 10.8. The molecule has 0 spiro atoms. The van der Waals surface area contributed by atoms with Crippen molar-refractivity contribution in [2.45, 2.75) is 39.2 Å². The third-order valence-corrected chi connectivity index (χ3v) is 3.00. The van der Waals surface area contributed by atoms with E-state index in [1.807, 2.05) is 12.3 Å². The summed E-state index contributed by atoms with van der Waals surface area (Å²) in [5, 5.41) is 10.2. The van der Waals surface area contributed by atoms with Gasteiger partial charge in [-0.1, -0.05) is 20.8 Å². The fraction of sp³-hybridized carbons (Fsp3) is 0.500. The van der Waals surface area contributed by atoms with Crippen molar-refractivity contribution < 1.29 is 5.11 Å². The van der Waals surface area contributed by atoms with Crippen LogP contribution in [0.4, 0.5) is 0 Å². The molecule has 0 atom stereocenters. The van der Waals surface area contributed by atoms with Crippen LogP contribution in [0.1, 0.15) is 32.8 Å². The van der Waals surface area contributed by atoms with E-state index in [1.54, 1.807) is 0 Å². The van der Waals surface area contributed by atoms with Crippen molar-refractivity contribution in [2.24, 2.45) is 0 Å². The summed E-state index contributed by atoms with van der Waals surface area (Å²) in [5.41, 5.74) is 2.45. The second-order valence-corrected chi connectivity index (χ2v) is 5.44. The van der Waals surface area contributed by atoms with Gasteiger partial charge in [0, 0.05) is 30.9 Å². The molecule has 2 aromatic rings. The number of pyridine rings is 1. The van der Waals surface area contributed by atoms with E-state index in [0.29, 0.717) is 0 Å². The van der Waals surface area contributed by atoms with Gasteiger partial charge in [-0.3, -0.25) is 0 Å². The number of hydrogen-bond acceptors (Lipinski definition) is 2. The van der Waals surface area contributed by atoms with E-state index in [0.717, 1.165) is 18.6 Å². The molecule has 0 aliphatic carbocycles. The van der Waals surface area contributed by atoms with Gasteiger partial charge in [0.05, 0.1) is 0 Å². The van der Waals surface area contributed by atoms with E-state index in [2.05, 4.69) is 42.6 Å². The van der Waals surface area contributed by atoms with E-state index >= 15 is 0 Å². The van der Waals surface area contributed by atoms with Gasteiger partial charge < -0.3 is 9.67 Å². The van der Waals surface area contributed by atoms with Crippen LogP contribution in [0.15, 0.2) is 24.5 Å². The lowest BCUT2D eigenvalue weighted by atomic mass is 9.87. The van der Waals surface area contributed by atoms with Crippen LogP contribution in [0.25, 0.3) is 11.0 Å². The minimum absolute atomic E-state index is 0.117. The molecular weight excluding hydrogens is 212 g/mol. The maximum Gasteiger partial charge on any atom is 0.140 e. The van der Waals surface area contributed by atoms with E-state index in [9.17, 15) is 0 Å². The summed E-state index contributed by atoms with van der Waals surface area (Å²) in [6.45, 7) is 7.68. The van der Waals surface area contributed by atoms with Crippen LogP contribution in [0, 0.1) is 0 Å². The van der Waals surface area contributed by atoms with Crippen LogP contribution in [-0.4, -0.2) is 21.3 Å². The van der Waals surface area contributed by atoms with Crippen LogP contribution in [-0.2, 0) is 12.0 Å². The number of fused-ring (bicyclic) bond motifs is 1. The fourth-order valence-corrected chi connectivity index (χ4v) is 2.13. The molecular formula is C14H20N2O. The molecule has 0 amide bonds. The monoisotopic (exact) mass is 232 g/mol. The lowest BCUT2D eigenvalue weighted by molar-refractivity contribution is 0.280. The van der Waals surface area contributed by atoms with Gasteiger partial charge in [0.1, 0.15) is 5.65 Å². The Kier molecular flexibility index (Phi) is 3.20. The predicted octanol–water partition coefficient (Wildman–Crippen LogP) is 2.72. The lowest BCUT2D eigenvalue weighted by Crippen LogP contribution is -2.10. The molecule has 0 aliphatic heterocycles. The number of hydrogen-bond donors (Lipinski definition) is 1. The molecule has 2 rings (SSSR count). The van der Waals surface area contributed by atoms with Crippen LogP contribution >= 0.6 is 0 Å². The Labute approximate surface area is 102 Å². The first kappa shape index (κ1) is 12.1. The van der Waals surface area contributed by atoms with Crippen LogP contribution in [0.3, 0.4) is 0 Å². The first-order valence-electron chi connectivity index (χ1n) is 6.09. The van der Waals surface area contributed by atoms with Gasteiger partial charge in [-0.15, -0.1) is 0 Å². The average Bonchev–Trinajstić information content (AvgIpc) is 2.65. The average molecular weight is 232 g/mol. The zero-order valence-electron chi connectivity index (χ0n) is 10.8. The number of rotatable bonds is 3. The highest BCUT2D eigenvalue weighted by molar-refractivity contribution is 5.81. The van der Waals surface area contributed by atoms with Crippen molar-refractivity contribution in [3.8, 4) is 0 Å². The highest BCUT2D eigenvalue weighted by atomic mass is 16.3. The maximum absolute atomic E-state index is 8.93. The van der Waals surface area contributed by atoms with Crippen molar-refractivity contribution in [3.05, 3.63) is 30.1 Å². The van der Waals surface area contributed by atoms with Gasteiger partial charge >= 0.3 is 0 Å². The standard InChI is InChI=1S/C14H20N2O/c1-14(2,3)12-10-16(8-5-9-17)13-11(12)6-4-7-15-13/h4,6-7,10,17H,5,8-9H2,1-3H3. The SMILES string of the molecule is CC(C)(C)c1cn(CCCO)c2ncccc12. The Balaban J connectivity index is 2.55. The third kappa shape index (κ3) is 2.34. The molecule has 0 radical (unpaired) electrons. The van der Waals surface area contributed by atoms with Gasteiger partial charge in [0.2, 0.25) is 0 Å². The topological polar surface area (TPSA) is 38.0 Å². The number of nitrogens with zero attached hydrogens (tertiary/aromatic N) is 2. The van der Waals surface area contributed by atoms with E-state index in [1.165, 1.54) is 10.9 Å². The molecule has 0 aromatic carbocycles. The molecule has 3 heteroatoms. The second kappa shape index (κ2) is 4.49. The zero-order chi connectivity index (χ0) is 12.5. The second-order valence-electron chi connectivity index (χ2n) is 5.44. The molecule has 2 heterocycles. The van der Waals surface area contributed by atoms with E-state index in [-0.39, 0.29) is 12.0 Å². The summed E-state index contributed by atoms with van der Waals surface area (Å²) in [6, 6.07) is 4.10. The van der Waals surface area contributed by atoms with Gasteiger partial charge in [0.25, 0.3) is 0 Å². The van der Waals surface area contributed by atoms with Crippen molar-refractivity contribution in [2.75, 3.05) is 6.61 Å². The summed E-state index contributed by atoms with van der Waals surface area (Å²) >= 11 is 0. The number of aliphatic hydroxyl groups excluding tert-OH is 1. The molecule has 0 saturated heterocycles. The van der Waals surface area contributed by atoms with Crippen molar-refractivity contribution >= 4 is 11.0 Å². The Morgan fingerprint density at radius 2 is 2.12 bits per heavy atom. The molecule has 2 aromatic heterocycles. The third-order valence-electron chi connectivity index (χ3n) is 3.00. The highest BCUT2D eigenvalue weighted by Gasteiger charge is 2.20. The first-order valence-corrected chi connectivity index (χ1v) is 6.09. The lowest BCUT2D eigenvalue weighted by Gasteiger charge is -2.17. The molecule has 92 valence electrons. The van der Waals surface area contributed by atoms with Gasteiger partial charge in [0.15, 0.2) is 0 Å². The number of aromatic nitrogens is 2. The van der Waals surface area contributed by atoms with E-state index in [4.69, 9.17) is 5.11 Å². The predicted molar refractivity (Wildman–Crippen MR) is 70.1 cm³/mol. The summed E-state index contributed by atoms with van der Waals surface area (Å²) in [5.74, 6) is 0.